The summed E-state index contributed by atoms with van der Waals surface area (Å²) in [6.07, 6.45) is 0. The van der Waals surface area contributed by atoms with E-state index in [9.17, 15) is 0 Å². The van der Waals surface area contributed by atoms with Gasteiger partial charge in [-0.05, 0) is 106 Å². The second-order valence-electron chi connectivity index (χ2n) is 12.6. The Morgan fingerprint density at radius 2 is 0.542 bits per heavy atom. The fourth-order valence-electron chi connectivity index (χ4n) is 7.10. The first kappa shape index (κ1) is 28.0. The van der Waals surface area contributed by atoms with E-state index in [1.54, 1.807) is 0 Å². The second kappa shape index (κ2) is 11.8. The SMILES string of the molecule is c1ccc(-c2ccc3cc(-c4ccc(-c5cccc6c(-c7ccc(-c8ccc9ccccc9c8)cc7)cccc56)cc4)ccc3c2)cc1. The first-order valence-corrected chi connectivity index (χ1v) is 16.6. The van der Waals surface area contributed by atoms with E-state index in [0.717, 1.165) is 0 Å². The van der Waals surface area contributed by atoms with Gasteiger partial charge in [0.25, 0.3) is 0 Å². The molecule has 0 aromatic heterocycles. The predicted molar refractivity (Wildman–Crippen MR) is 206 cm³/mol. The monoisotopic (exact) mass is 608 g/mol. The Bertz CT molecular complexity index is 2570. The molecular weight excluding hydrogens is 577 g/mol. The van der Waals surface area contributed by atoms with Gasteiger partial charge in [0.1, 0.15) is 0 Å². The zero-order chi connectivity index (χ0) is 31.9. The highest BCUT2D eigenvalue weighted by molar-refractivity contribution is 6.04. The molecule has 0 heterocycles. The summed E-state index contributed by atoms with van der Waals surface area (Å²) >= 11 is 0. The summed E-state index contributed by atoms with van der Waals surface area (Å²) in [6.45, 7) is 0. The van der Waals surface area contributed by atoms with Crippen LogP contribution in [0.3, 0.4) is 0 Å². The van der Waals surface area contributed by atoms with Crippen LogP contribution in [0.1, 0.15) is 0 Å². The third-order valence-corrected chi connectivity index (χ3v) is 9.68. The van der Waals surface area contributed by atoms with Gasteiger partial charge in [-0.2, -0.15) is 0 Å². The van der Waals surface area contributed by atoms with E-state index in [0.29, 0.717) is 0 Å². The minimum atomic E-state index is 1.22. The summed E-state index contributed by atoms with van der Waals surface area (Å²) in [5.41, 5.74) is 12.4. The Hall–Kier alpha value is -6.24. The molecule has 0 nitrogen and oxygen atoms in total. The lowest BCUT2D eigenvalue weighted by atomic mass is 9.91. The van der Waals surface area contributed by atoms with Crippen LogP contribution in [0.4, 0.5) is 0 Å². The van der Waals surface area contributed by atoms with E-state index >= 15 is 0 Å². The van der Waals surface area contributed by atoms with Crippen molar-refractivity contribution in [2.24, 2.45) is 0 Å². The Kier molecular flexibility index (Phi) is 6.91. The van der Waals surface area contributed by atoms with E-state index < -0.39 is 0 Å². The van der Waals surface area contributed by atoms with Crippen LogP contribution in [-0.2, 0) is 0 Å². The number of hydrogen-bond donors (Lipinski definition) is 0. The molecule has 224 valence electrons. The predicted octanol–water partition coefficient (Wildman–Crippen LogP) is 13.5. The van der Waals surface area contributed by atoms with Crippen molar-refractivity contribution in [3.63, 3.8) is 0 Å². The minimum absolute atomic E-state index is 1.22. The van der Waals surface area contributed by atoms with Crippen LogP contribution in [0, 0.1) is 0 Å². The van der Waals surface area contributed by atoms with Crippen LogP contribution < -0.4 is 0 Å². The molecule has 9 aromatic carbocycles. The average Bonchev–Trinajstić information content (AvgIpc) is 3.17. The maximum absolute atomic E-state index is 2.30. The fraction of sp³-hybridized carbons (Fsp3) is 0. The molecule has 0 spiro atoms. The molecule has 0 aliphatic carbocycles. The number of fused-ring (bicyclic) bond motifs is 3. The van der Waals surface area contributed by atoms with Crippen molar-refractivity contribution < 1.29 is 0 Å². The van der Waals surface area contributed by atoms with Gasteiger partial charge in [-0.1, -0.05) is 176 Å². The molecule has 0 fully saturated rings. The molecule has 0 bridgehead atoms. The molecule has 0 radical (unpaired) electrons. The molecule has 0 amide bonds. The molecule has 9 rings (SSSR count). The lowest BCUT2D eigenvalue weighted by molar-refractivity contribution is 1.60. The Labute approximate surface area is 281 Å². The van der Waals surface area contributed by atoms with Gasteiger partial charge in [-0.25, -0.2) is 0 Å². The molecule has 0 atom stereocenters. The molecular formula is C48H32. The van der Waals surface area contributed by atoms with Crippen LogP contribution in [0.5, 0.6) is 0 Å². The summed E-state index contributed by atoms with van der Waals surface area (Å²) in [7, 11) is 0. The molecule has 48 heavy (non-hydrogen) atoms. The lowest BCUT2D eigenvalue weighted by Gasteiger charge is -2.13. The molecule has 0 N–H and O–H groups in total. The quantitative estimate of drug-likeness (QED) is 0.182. The van der Waals surface area contributed by atoms with Gasteiger partial charge in [0.05, 0.1) is 0 Å². The zero-order valence-electron chi connectivity index (χ0n) is 26.5. The standard InChI is InChI=1S/C48H32/c1-2-8-33(9-3-1)40-26-28-44-32-42(27-29-43(44)31-40)36-18-23-38(24-19-36)46-13-7-14-47-45(12-6-15-48(46)47)37-21-16-35(17-22-37)41-25-20-34-10-4-5-11-39(34)30-41/h1-32H. The Morgan fingerprint density at radius 1 is 0.188 bits per heavy atom. The van der Waals surface area contributed by atoms with Crippen LogP contribution in [0.25, 0.3) is 88.0 Å². The fourth-order valence-corrected chi connectivity index (χ4v) is 7.10. The molecule has 0 saturated heterocycles. The van der Waals surface area contributed by atoms with E-state index in [1.807, 2.05) is 0 Å². The van der Waals surface area contributed by atoms with Crippen molar-refractivity contribution >= 4 is 32.3 Å². The molecule has 0 aliphatic rings. The minimum Gasteiger partial charge on any atom is -0.0622 e. The normalized spacial score (nSPS) is 11.3. The number of hydrogen-bond acceptors (Lipinski definition) is 0. The Balaban J connectivity index is 1.01. The van der Waals surface area contributed by atoms with Crippen LogP contribution >= 0.6 is 0 Å². The summed E-state index contributed by atoms with van der Waals surface area (Å²) < 4.78 is 0. The van der Waals surface area contributed by atoms with Crippen molar-refractivity contribution in [1.29, 1.82) is 0 Å². The van der Waals surface area contributed by atoms with Crippen LogP contribution in [0.15, 0.2) is 194 Å². The largest absolute Gasteiger partial charge is 0.0622 e. The summed E-state index contributed by atoms with van der Waals surface area (Å²) in [5.74, 6) is 0. The Morgan fingerprint density at radius 3 is 1.04 bits per heavy atom. The highest BCUT2D eigenvalue weighted by Crippen LogP contribution is 2.37. The summed E-state index contributed by atoms with van der Waals surface area (Å²) in [5, 5.41) is 7.58. The maximum Gasteiger partial charge on any atom is -0.00992 e. The average molecular weight is 609 g/mol. The second-order valence-corrected chi connectivity index (χ2v) is 12.6. The van der Waals surface area contributed by atoms with Gasteiger partial charge >= 0.3 is 0 Å². The highest BCUT2D eigenvalue weighted by Gasteiger charge is 2.10. The van der Waals surface area contributed by atoms with Gasteiger partial charge in [0, 0.05) is 0 Å². The first-order chi connectivity index (χ1) is 23.8. The highest BCUT2D eigenvalue weighted by atomic mass is 14.1. The van der Waals surface area contributed by atoms with Gasteiger partial charge in [-0.15, -0.1) is 0 Å². The summed E-state index contributed by atoms with van der Waals surface area (Å²) in [4.78, 5) is 0. The van der Waals surface area contributed by atoms with Crippen LogP contribution in [-0.4, -0.2) is 0 Å². The van der Waals surface area contributed by atoms with Gasteiger partial charge in [0.15, 0.2) is 0 Å². The zero-order valence-corrected chi connectivity index (χ0v) is 26.5. The molecule has 0 heteroatoms. The third-order valence-electron chi connectivity index (χ3n) is 9.68. The van der Waals surface area contributed by atoms with Gasteiger partial charge < -0.3 is 0 Å². The van der Waals surface area contributed by atoms with Gasteiger partial charge in [-0.3, -0.25) is 0 Å². The molecule has 9 aromatic rings. The number of rotatable bonds is 5. The van der Waals surface area contributed by atoms with E-state index in [2.05, 4.69) is 194 Å². The van der Waals surface area contributed by atoms with E-state index in [-0.39, 0.29) is 0 Å². The van der Waals surface area contributed by atoms with Crippen molar-refractivity contribution in [3.05, 3.63) is 194 Å². The lowest BCUT2D eigenvalue weighted by Crippen LogP contribution is -1.87. The topological polar surface area (TPSA) is 0 Å². The van der Waals surface area contributed by atoms with Gasteiger partial charge in [0.2, 0.25) is 0 Å². The van der Waals surface area contributed by atoms with Crippen molar-refractivity contribution in [1.82, 2.24) is 0 Å². The van der Waals surface area contributed by atoms with E-state index in [4.69, 9.17) is 0 Å². The third kappa shape index (κ3) is 5.14. The number of benzene rings is 9. The van der Waals surface area contributed by atoms with Crippen molar-refractivity contribution in [2.75, 3.05) is 0 Å². The van der Waals surface area contributed by atoms with Crippen molar-refractivity contribution in [3.8, 4) is 55.6 Å². The maximum atomic E-state index is 2.30. The van der Waals surface area contributed by atoms with E-state index in [1.165, 1.54) is 88.0 Å². The van der Waals surface area contributed by atoms with Crippen LogP contribution in [0.2, 0.25) is 0 Å². The smallest absolute Gasteiger partial charge is 0.00992 e. The molecule has 0 unspecified atom stereocenters. The molecule has 0 aliphatic heterocycles. The first-order valence-electron chi connectivity index (χ1n) is 16.6. The molecule has 0 saturated carbocycles. The van der Waals surface area contributed by atoms with Crippen molar-refractivity contribution in [2.45, 2.75) is 0 Å². The summed E-state index contributed by atoms with van der Waals surface area (Å²) in [6, 6.07) is 70.7.